The van der Waals surface area contributed by atoms with E-state index >= 15 is 0 Å². The molecule has 0 aliphatic carbocycles. The number of nitrogens with zero attached hydrogens (tertiary/aromatic N) is 4. The molecule has 0 saturated carbocycles. The minimum Gasteiger partial charge on any atom is -0.331 e. The number of hydrogen-bond acceptors (Lipinski definition) is 4. The third kappa shape index (κ3) is 2.52. The fourth-order valence-electron chi connectivity index (χ4n) is 3.68. The molecule has 4 rings (SSSR count). The summed E-state index contributed by atoms with van der Waals surface area (Å²) < 4.78 is 2.13. The Morgan fingerprint density at radius 1 is 1.39 bits per heavy atom. The van der Waals surface area contributed by atoms with E-state index < -0.39 is 0 Å². The number of amides is 2. The molecular weight excluding hydrogens is 310 g/mol. The molecule has 2 aromatic rings. The second kappa shape index (κ2) is 5.96. The Labute approximate surface area is 139 Å². The first-order valence-corrected chi connectivity index (χ1v) is 9.17. The molecule has 4 heterocycles. The van der Waals surface area contributed by atoms with Gasteiger partial charge in [-0.1, -0.05) is 6.92 Å². The third-order valence-corrected chi connectivity index (χ3v) is 5.82. The maximum Gasteiger partial charge on any atom is 0.318 e. The van der Waals surface area contributed by atoms with E-state index in [1.807, 2.05) is 4.90 Å². The molecule has 23 heavy (non-hydrogen) atoms. The van der Waals surface area contributed by atoms with E-state index in [9.17, 15) is 4.79 Å². The molecule has 0 fully saturated rings. The van der Waals surface area contributed by atoms with Gasteiger partial charge in [-0.3, -0.25) is 0 Å². The first-order chi connectivity index (χ1) is 11.3. The lowest BCUT2D eigenvalue weighted by atomic mass is 9.98. The van der Waals surface area contributed by atoms with Gasteiger partial charge in [-0.2, -0.15) is 0 Å². The Hall–Kier alpha value is -1.89. The van der Waals surface area contributed by atoms with Gasteiger partial charge in [-0.05, 0) is 36.3 Å². The van der Waals surface area contributed by atoms with Crippen LogP contribution in [-0.2, 0) is 25.9 Å². The Kier molecular flexibility index (Phi) is 3.80. The van der Waals surface area contributed by atoms with Crippen LogP contribution in [0.3, 0.4) is 0 Å². The molecule has 0 aromatic carbocycles. The lowest BCUT2D eigenvalue weighted by Crippen LogP contribution is -2.45. The highest BCUT2D eigenvalue weighted by Gasteiger charge is 2.30. The zero-order valence-electron chi connectivity index (χ0n) is 13.3. The minimum atomic E-state index is 0.00375. The van der Waals surface area contributed by atoms with Gasteiger partial charge in [0.15, 0.2) is 5.82 Å². The van der Waals surface area contributed by atoms with Gasteiger partial charge in [0.2, 0.25) is 0 Å². The van der Waals surface area contributed by atoms with Crippen LogP contribution in [0.15, 0.2) is 11.4 Å². The van der Waals surface area contributed by atoms with Crippen molar-refractivity contribution in [2.24, 2.45) is 0 Å². The van der Waals surface area contributed by atoms with Crippen LogP contribution in [0.4, 0.5) is 4.79 Å². The molecule has 2 aromatic heterocycles. The van der Waals surface area contributed by atoms with Crippen LogP contribution in [0.2, 0.25) is 0 Å². The van der Waals surface area contributed by atoms with Crippen molar-refractivity contribution in [2.75, 3.05) is 6.54 Å². The number of aryl methyl sites for hydroxylation is 1. The molecule has 0 saturated heterocycles. The van der Waals surface area contributed by atoms with Crippen molar-refractivity contribution in [3.05, 3.63) is 33.5 Å². The van der Waals surface area contributed by atoms with Crippen LogP contribution >= 0.6 is 11.3 Å². The molecule has 0 radical (unpaired) electrons. The van der Waals surface area contributed by atoms with Crippen molar-refractivity contribution in [3.63, 3.8) is 0 Å². The predicted molar refractivity (Wildman–Crippen MR) is 88.3 cm³/mol. The molecule has 0 unspecified atom stereocenters. The molecule has 7 heteroatoms. The number of thiophene rings is 1. The predicted octanol–water partition coefficient (Wildman–Crippen LogP) is 2.50. The lowest BCUT2D eigenvalue weighted by Gasteiger charge is -2.35. The number of rotatable bonds is 3. The van der Waals surface area contributed by atoms with Crippen molar-refractivity contribution in [2.45, 2.75) is 51.7 Å². The first kappa shape index (κ1) is 14.7. The summed E-state index contributed by atoms with van der Waals surface area (Å²) in [6, 6.07) is 2.36. The molecule has 6 nitrogen and oxygen atoms in total. The molecular formula is C16H21N5OS. The summed E-state index contributed by atoms with van der Waals surface area (Å²) in [5.41, 5.74) is 1.32. The second-order valence-corrected chi connectivity index (χ2v) is 7.11. The Morgan fingerprint density at radius 2 is 2.30 bits per heavy atom. The minimum absolute atomic E-state index is 0.00375. The summed E-state index contributed by atoms with van der Waals surface area (Å²) in [6.45, 7) is 4.35. The van der Waals surface area contributed by atoms with Gasteiger partial charge in [0.05, 0.1) is 12.6 Å². The average Bonchev–Trinajstić information content (AvgIpc) is 3.27. The van der Waals surface area contributed by atoms with Gasteiger partial charge in [0, 0.05) is 24.4 Å². The number of aromatic nitrogens is 3. The molecule has 2 amide bonds. The third-order valence-electron chi connectivity index (χ3n) is 4.83. The molecule has 2 aliphatic rings. The number of carbonyl (C=O) groups is 1. The molecule has 2 aliphatic heterocycles. The van der Waals surface area contributed by atoms with Gasteiger partial charge in [0.25, 0.3) is 0 Å². The fraction of sp³-hybridized carbons (Fsp3) is 0.562. The smallest absolute Gasteiger partial charge is 0.318 e. The standard InChI is InChI=1S/C16H21N5OS/c1-2-12-11-6-9-23-13(11)5-8-20(12)16(22)17-10-15-19-18-14-4-3-7-21(14)15/h6,9,12H,2-5,7-8,10H2,1H3,(H,17,22)/t12-/m0/s1. The van der Waals surface area contributed by atoms with Crippen molar-refractivity contribution < 1.29 is 4.79 Å². The lowest BCUT2D eigenvalue weighted by molar-refractivity contribution is 0.167. The number of urea groups is 1. The van der Waals surface area contributed by atoms with E-state index in [-0.39, 0.29) is 12.1 Å². The zero-order valence-corrected chi connectivity index (χ0v) is 14.1. The van der Waals surface area contributed by atoms with Gasteiger partial charge >= 0.3 is 6.03 Å². The van der Waals surface area contributed by atoms with Crippen LogP contribution in [0.5, 0.6) is 0 Å². The number of hydrogen-bond donors (Lipinski definition) is 1. The van der Waals surface area contributed by atoms with Gasteiger partial charge in [-0.15, -0.1) is 21.5 Å². The first-order valence-electron chi connectivity index (χ1n) is 8.29. The summed E-state index contributed by atoms with van der Waals surface area (Å²) in [7, 11) is 0. The summed E-state index contributed by atoms with van der Waals surface area (Å²) in [6.07, 6.45) is 4.01. The van der Waals surface area contributed by atoms with Crippen molar-refractivity contribution in [1.29, 1.82) is 0 Å². The Bertz CT molecular complexity index is 722. The van der Waals surface area contributed by atoms with E-state index in [0.29, 0.717) is 6.54 Å². The van der Waals surface area contributed by atoms with Crippen LogP contribution < -0.4 is 5.32 Å². The molecule has 0 bridgehead atoms. The quantitative estimate of drug-likeness (QED) is 0.940. The van der Waals surface area contributed by atoms with E-state index in [4.69, 9.17) is 0 Å². The molecule has 122 valence electrons. The van der Waals surface area contributed by atoms with Crippen molar-refractivity contribution in [3.8, 4) is 0 Å². The van der Waals surface area contributed by atoms with E-state index in [2.05, 4.69) is 38.5 Å². The van der Waals surface area contributed by atoms with E-state index in [1.54, 1.807) is 11.3 Å². The topological polar surface area (TPSA) is 63.1 Å². The Balaban J connectivity index is 1.44. The summed E-state index contributed by atoms with van der Waals surface area (Å²) in [5.74, 6) is 1.91. The highest BCUT2D eigenvalue weighted by molar-refractivity contribution is 7.10. The number of nitrogens with one attached hydrogen (secondary N) is 1. The van der Waals surface area contributed by atoms with E-state index in [1.165, 1.54) is 10.4 Å². The highest BCUT2D eigenvalue weighted by atomic mass is 32.1. The zero-order chi connectivity index (χ0) is 15.8. The highest BCUT2D eigenvalue weighted by Crippen LogP contribution is 2.35. The molecule has 1 atom stereocenters. The average molecular weight is 331 g/mol. The molecule has 1 N–H and O–H groups in total. The van der Waals surface area contributed by atoms with Crippen LogP contribution in [0.25, 0.3) is 0 Å². The fourth-order valence-corrected chi connectivity index (χ4v) is 4.61. The Morgan fingerprint density at radius 3 is 3.17 bits per heavy atom. The maximum absolute atomic E-state index is 12.7. The van der Waals surface area contributed by atoms with Crippen LogP contribution in [0, 0.1) is 0 Å². The molecule has 0 spiro atoms. The number of carbonyl (C=O) groups excluding carboxylic acids is 1. The van der Waals surface area contributed by atoms with Gasteiger partial charge < -0.3 is 14.8 Å². The van der Waals surface area contributed by atoms with Crippen molar-refractivity contribution >= 4 is 17.4 Å². The van der Waals surface area contributed by atoms with Gasteiger partial charge in [-0.25, -0.2) is 4.79 Å². The SMILES string of the molecule is CC[C@H]1c2ccsc2CCN1C(=O)NCc1nnc2n1CCC2. The van der Waals surface area contributed by atoms with Crippen LogP contribution in [0.1, 0.15) is 47.9 Å². The van der Waals surface area contributed by atoms with Crippen molar-refractivity contribution in [1.82, 2.24) is 25.0 Å². The summed E-state index contributed by atoms with van der Waals surface area (Å²) >= 11 is 1.80. The summed E-state index contributed by atoms with van der Waals surface area (Å²) in [4.78, 5) is 16.1. The monoisotopic (exact) mass is 331 g/mol. The van der Waals surface area contributed by atoms with Gasteiger partial charge in [0.1, 0.15) is 5.82 Å². The van der Waals surface area contributed by atoms with E-state index in [0.717, 1.165) is 50.4 Å². The maximum atomic E-state index is 12.7. The largest absolute Gasteiger partial charge is 0.331 e. The van der Waals surface area contributed by atoms with Crippen LogP contribution in [-0.4, -0.2) is 32.2 Å². The summed E-state index contributed by atoms with van der Waals surface area (Å²) in [5, 5.41) is 13.6. The second-order valence-electron chi connectivity index (χ2n) is 6.11. The number of fused-ring (bicyclic) bond motifs is 2. The normalized spacial score (nSPS) is 19.5.